The van der Waals surface area contributed by atoms with E-state index >= 15 is 0 Å². The molecule has 0 aliphatic heterocycles. The molecular formula is C12H17ClN2O3S. The Balaban J connectivity index is 2.18. The van der Waals surface area contributed by atoms with Gasteiger partial charge in [-0.15, -0.1) is 0 Å². The topological polar surface area (TPSA) is 81.4 Å². The van der Waals surface area contributed by atoms with Gasteiger partial charge in [-0.2, -0.15) is 0 Å². The molecule has 0 saturated heterocycles. The monoisotopic (exact) mass is 304 g/mol. The molecular weight excluding hydrogens is 288 g/mol. The van der Waals surface area contributed by atoms with Crippen LogP contribution in [0, 0.1) is 6.92 Å². The first kappa shape index (κ1) is 14.6. The number of rotatable bonds is 4. The molecule has 1 saturated carbocycles. The lowest BCUT2D eigenvalue weighted by Crippen LogP contribution is -2.47. The second-order valence-corrected chi connectivity index (χ2v) is 6.88. The van der Waals surface area contributed by atoms with Crippen LogP contribution in [-0.2, 0) is 14.8 Å². The van der Waals surface area contributed by atoms with Gasteiger partial charge in [0.2, 0.25) is 10.0 Å². The lowest BCUT2D eigenvalue weighted by atomic mass is 9.90. The van der Waals surface area contributed by atoms with Gasteiger partial charge in [0.1, 0.15) is 0 Å². The average molecular weight is 305 g/mol. The number of ether oxygens (including phenoxy) is 1. The maximum absolute atomic E-state index is 12.3. The fourth-order valence-corrected chi connectivity index (χ4v) is 3.84. The summed E-state index contributed by atoms with van der Waals surface area (Å²) >= 11 is 5.86. The van der Waals surface area contributed by atoms with E-state index in [1.807, 2.05) is 0 Å². The number of halogens is 1. The molecule has 1 fully saturated rings. The minimum Gasteiger partial charge on any atom is -0.397 e. The standard InChI is InChI=1S/C12H17ClN2O3S/c1-7-3-10(13)11(14)6-12(7)19(16,17)15-8-4-9(5-8)18-2/h3,6,8-9,15H,4-5,14H2,1-2H3. The first-order chi connectivity index (χ1) is 8.83. The van der Waals surface area contributed by atoms with Crippen molar-refractivity contribution in [2.75, 3.05) is 12.8 Å². The molecule has 0 spiro atoms. The largest absolute Gasteiger partial charge is 0.397 e. The summed E-state index contributed by atoms with van der Waals surface area (Å²) < 4.78 is 32.3. The van der Waals surface area contributed by atoms with Crippen LogP contribution >= 0.6 is 11.6 Å². The number of nitrogen functional groups attached to an aromatic ring is 1. The predicted octanol–water partition coefficient (Wildman–Crippen LogP) is 1.69. The van der Waals surface area contributed by atoms with E-state index < -0.39 is 10.0 Å². The van der Waals surface area contributed by atoms with Crippen molar-refractivity contribution in [3.05, 3.63) is 22.7 Å². The Morgan fingerprint density at radius 2 is 2.05 bits per heavy atom. The number of nitrogens with one attached hydrogen (secondary N) is 1. The average Bonchev–Trinajstić information content (AvgIpc) is 2.27. The Morgan fingerprint density at radius 1 is 1.42 bits per heavy atom. The fourth-order valence-electron chi connectivity index (χ4n) is 2.10. The third-order valence-electron chi connectivity index (χ3n) is 3.33. The highest BCUT2D eigenvalue weighted by Gasteiger charge is 2.33. The second kappa shape index (κ2) is 5.28. The van der Waals surface area contributed by atoms with Crippen LogP contribution in [0.5, 0.6) is 0 Å². The third-order valence-corrected chi connectivity index (χ3v) is 5.32. The summed E-state index contributed by atoms with van der Waals surface area (Å²) in [5, 5.41) is 0.361. The summed E-state index contributed by atoms with van der Waals surface area (Å²) in [4.78, 5) is 0.176. The summed E-state index contributed by atoms with van der Waals surface area (Å²) in [7, 11) is -1.94. The second-order valence-electron chi connectivity index (χ2n) is 4.79. The van der Waals surface area contributed by atoms with Crippen molar-refractivity contribution in [1.82, 2.24) is 4.72 Å². The van der Waals surface area contributed by atoms with E-state index in [0.29, 0.717) is 23.4 Å². The summed E-state index contributed by atoms with van der Waals surface area (Å²) in [5.41, 5.74) is 6.50. The number of sulfonamides is 1. The lowest BCUT2D eigenvalue weighted by molar-refractivity contribution is 0.0236. The van der Waals surface area contributed by atoms with Gasteiger partial charge in [-0.05, 0) is 37.5 Å². The fraction of sp³-hybridized carbons (Fsp3) is 0.500. The predicted molar refractivity (Wildman–Crippen MR) is 74.7 cm³/mol. The number of nitrogens with two attached hydrogens (primary N) is 1. The van der Waals surface area contributed by atoms with Gasteiger partial charge in [0.15, 0.2) is 0 Å². The van der Waals surface area contributed by atoms with E-state index in [2.05, 4.69) is 4.72 Å². The molecule has 1 aromatic rings. The molecule has 1 aliphatic rings. The van der Waals surface area contributed by atoms with Crippen LogP contribution in [0.4, 0.5) is 5.69 Å². The van der Waals surface area contributed by atoms with Crippen molar-refractivity contribution in [1.29, 1.82) is 0 Å². The molecule has 2 rings (SSSR count). The molecule has 106 valence electrons. The highest BCUT2D eigenvalue weighted by molar-refractivity contribution is 7.89. The van der Waals surface area contributed by atoms with Crippen LogP contribution < -0.4 is 10.5 Å². The van der Waals surface area contributed by atoms with Gasteiger partial charge in [0.25, 0.3) is 0 Å². The van der Waals surface area contributed by atoms with Gasteiger partial charge >= 0.3 is 0 Å². The van der Waals surface area contributed by atoms with Crippen LogP contribution in [0.3, 0.4) is 0 Å². The summed E-state index contributed by atoms with van der Waals surface area (Å²) in [5.74, 6) is 0. The van der Waals surface area contributed by atoms with Crippen LogP contribution in [-0.4, -0.2) is 27.7 Å². The van der Waals surface area contributed by atoms with Crippen molar-refractivity contribution in [3.63, 3.8) is 0 Å². The van der Waals surface area contributed by atoms with Crippen LogP contribution in [0.15, 0.2) is 17.0 Å². The minimum atomic E-state index is -3.57. The number of aryl methyl sites for hydroxylation is 1. The zero-order valence-electron chi connectivity index (χ0n) is 10.8. The molecule has 3 N–H and O–H groups in total. The van der Waals surface area contributed by atoms with Crippen LogP contribution in [0.1, 0.15) is 18.4 Å². The lowest BCUT2D eigenvalue weighted by Gasteiger charge is -2.34. The number of anilines is 1. The van der Waals surface area contributed by atoms with E-state index in [-0.39, 0.29) is 22.7 Å². The molecule has 0 heterocycles. The van der Waals surface area contributed by atoms with Crippen LogP contribution in [0.2, 0.25) is 5.02 Å². The Bertz CT molecular complexity index is 583. The number of hydrogen-bond donors (Lipinski definition) is 2. The van der Waals surface area contributed by atoms with Crippen molar-refractivity contribution >= 4 is 27.3 Å². The van der Waals surface area contributed by atoms with Gasteiger partial charge in [-0.3, -0.25) is 0 Å². The molecule has 0 atom stereocenters. The number of benzene rings is 1. The minimum absolute atomic E-state index is 0.0775. The quantitative estimate of drug-likeness (QED) is 0.829. The van der Waals surface area contributed by atoms with Gasteiger partial charge in [-0.25, -0.2) is 13.1 Å². The molecule has 7 heteroatoms. The van der Waals surface area contributed by atoms with Gasteiger partial charge in [0, 0.05) is 13.2 Å². The molecule has 1 aromatic carbocycles. The van der Waals surface area contributed by atoms with Gasteiger partial charge < -0.3 is 10.5 Å². The van der Waals surface area contributed by atoms with Crippen molar-refractivity contribution in [3.8, 4) is 0 Å². The molecule has 5 nitrogen and oxygen atoms in total. The zero-order valence-corrected chi connectivity index (χ0v) is 12.4. The van der Waals surface area contributed by atoms with Crippen molar-refractivity contribution in [2.45, 2.75) is 36.8 Å². The maximum atomic E-state index is 12.3. The van der Waals surface area contributed by atoms with Gasteiger partial charge in [0.05, 0.1) is 21.7 Å². The summed E-state index contributed by atoms with van der Waals surface area (Å²) in [6.45, 7) is 1.69. The van der Waals surface area contributed by atoms with E-state index in [1.165, 1.54) is 6.07 Å². The van der Waals surface area contributed by atoms with E-state index in [9.17, 15) is 8.42 Å². The molecule has 0 bridgehead atoms. The first-order valence-corrected chi connectivity index (χ1v) is 7.80. The molecule has 19 heavy (non-hydrogen) atoms. The molecule has 0 radical (unpaired) electrons. The van der Waals surface area contributed by atoms with Gasteiger partial charge in [-0.1, -0.05) is 11.6 Å². The van der Waals surface area contributed by atoms with Crippen molar-refractivity contribution < 1.29 is 13.2 Å². The van der Waals surface area contributed by atoms with E-state index in [0.717, 1.165) is 0 Å². The third kappa shape index (κ3) is 3.02. The molecule has 0 amide bonds. The Hall–Kier alpha value is -0.820. The SMILES string of the molecule is COC1CC(NS(=O)(=O)c2cc(N)c(Cl)cc2C)C1. The molecule has 1 aliphatic carbocycles. The normalized spacial score (nSPS) is 23.1. The zero-order chi connectivity index (χ0) is 14.2. The molecule has 0 unspecified atom stereocenters. The Morgan fingerprint density at radius 3 is 2.63 bits per heavy atom. The number of hydrogen-bond acceptors (Lipinski definition) is 4. The smallest absolute Gasteiger partial charge is 0.241 e. The summed E-state index contributed by atoms with van der Waals surface area (Å²) in [6.07, 6.45) is 1.53. The van der Waals surface area contributed by atoms with E-state index in [4.69, 9.17) is 22.1 Å². The highest BCUT2D eigenvalue weighted by atomic mass is 35.5. The number of methoxy groups -OCH3 is 1. The van der Waals surface area contributed by atoms with E-state index in [1.54, 1.807) is 20.1 Å². The maximum Gasteiger partial charge on any atom is 0.241 e. The van der Waals surface area contributed by atoms with Crippen molar-refractivity contribution in [2.24, 2.45) is 0 Å². The summed E-state index contributed by atoms with van der Waals surface area (Å²) in [6, 6.07) is 2.88. The Kier molecular flexibility index (Phi) is 4.06. The highest BCUT2D eigenvalue weighted by Crippen LogP contribution is 2.28. The molecule has 0 aromatic heterocycles. The van der Waals surface area contributed by atoms with Crippen LogP contribution in [0.25, 0.3) is 0 Å². The Labute approximate surface area is 118 Å². The first-order valence-electron chi connectivity index (χ1n) is 5.94.